The van der Waals surface area contributed by atoms with E-state index < -0.39 is 22.7 Å². The Kier molecular flexibility index (Phi) is 11.5. The summed E-state index contributed by atoms with van der Waals surface area (Å²) in [6.07, 6.45) is 2.96. The minimum atomic E-state index is -1.96. The van der Waals surface area contributed by atoms with Gasteiger partial charge in [0.2, 0.25) is 0 Å². The molecule has 0 bridgehead atoms. The monoisotopic (exact) mass is 518 g/mol. The highest BCUT2D eigenvalue weighted by molar-refractivity contribution is 6.74. The molecule has 6 heteroatoms. The fraction of sp³-hybridized carbons (Fsp3) is 0.655. The summed E-state index contributed by atoms with van der Waals surface area (Å²) in [6.45, 7) is 27.1. The van der Waals surface area contributed by atoms with E-state index in [1.807, 2.05) is 24.3 Å². The zero-order valence-electron chi connectivity index (χ0n) is 24.2. The van der Waals surface area contributed by atoms with Crippen LogP contribution in [-0.2, 0) is 15.3 Å². The van der Waals surface area contributed by atoms with Crippen molar-refractivity contribution in [2.45, 2.75) is 109 Å². The summed E-state index contributed by atoms with van der Waals surface area (Å²) in [6, 6.07) is 5.68. The number of methoxy groups -OCH3 is 1. The van der Waals surface area contributed by atoms with Crippen LogP contribution in [0.2, 0.25) is 36.3 Å². The lowest BCUT2D eigenvalue weighted by atomic mass is 9.98. The van der Waals surface area contributed by atoms with Crippen LogP contribution < -0.4 is 4.74 Å². The van der Waals surface area contributed by atoms with E-state index in [4.69, 9.17) is 13.6 Å². The van der Waals surface area contributed by atoms with Gasteiger partial charge in [-0.15, -0.1) is 12.5 Å². The highest BCUT2D eigenvalue weighted by Gasteiger charge is 2.41. The lowest BCUT2D eigenvalue weighted by molar-refractivity contribution is 0.102. The molecule has 0 spiro atoms. The summed E-state index contributed by atoms with van der Waals surface area (Å²) in [5, 5.41) is 11.1. The molecule has 2 atom stereocenters. The number of allylic oxidation sites excluding steroid dienone is 1. The van der Waals surface area contributed by atoms with Gasteiger partial charge in [0.15, 0.2) is 16.6 Å². The maximum Gasteiger partial charge on any atom is 0.192 e. The lowest BCUT2D eigenvalue weighted by Gasteiger charge is -2.41. The molecule has 35 heavy (non-hydrogen) atoms. The molecular formula is C29H50O4Si2. The molecule has 0 saturated heterocycles. The Morgan fingerprint density at radius 3 is 2.14 bits per heavy atom. The molecule has 4 nitrogen and oxygen atoms in total. The Hall–Kier alpha value is -1.37. The van der Waals surface area contributed by atoms with Gasteiger partial charge in [-0.2, -0.15) is 0 Å². The predicted molar refractivity (Wildman–Crippen MR) is 154 cm³/mol. The van der Waals surface area contributed by atoms with Crippen molar-refractivity contribution in [1.29, 1.82) is 0 Å². The zero-order valence-corrected chi connectivity index (χ0v) is 26.2. The minimum absolute atomic E-state index is 0.00962. The normalized spacial score (nSPS) is 14.6. The van der Waals surface area contributed by atoms with E-state index in [0.717, 1.165) is 23.3 Å². The molecule has 198 valence electrons. The van der Waals surface area contributed by atoms with Crippen LogP contribution in [0.1, 0.15) is 71.6 Å². The van der Waals surface area contributed by atoms with E-state index in [2.05, 4.69) is 86.2 Å². The molecule has 0 heterocycles. The number of benzene rings is 1. The van der Waals surface area contributed by atoms with Crippen molar-refractivity contribution >= 4 is 16.6 Å². The van der Waals surface area contributed by atoms with Gasteiger partial charge in [-0.3, -0.25) is 0 Å². The average Bonchev–Trinajstić information content (AvgIpc) is 2.73. The minimum Gasteiger partial charge on any atom is -0.496 e. The third kappa shape index (κ3) is 9.22. The van der Waals surface area contributed by atoms with Crippen LogP contribution in [0.3, 0.4) is 0 Å². The van der Waals surface area contributed by atoms with Crippen molar-refractivity contribution in [3.63, 3.8) is 0 Å². The first-order valence-electron chi connectivity index (χ1n) is 12.7. The van der Waals surface area contributed by atoms with Crippen molar-refractivity contribution in [3.8, 4) is 17.6 Å². The third-order valence-corrected chi connectivity index (χ3v) is 16.6. The van der Waals surface area contributed by atoms with Gasteiger partial charge >= 0.3 is 0 Å². The number of hydrogen-bond donors (Lipinski definition) is 1. The number of rotatable bonds is 11. The Balaban J connectivity index is 3.00. The first-order chi connectivity index (χ1) is 16.0. The van der Waals surface area contributed by atoms with Crippen LogP contribution in [0.4, 0.5) is 0 Å². The fourth-order valence-corrected chi connectivity index (χ4v) is 5.57. The molecule has 0 fully saturated rings. The summed E-state index contributed by atoms with van der Waals surface area (Å²) in [5.41, 5.74) is 1.70. The number of ether oxygens (including phenoxy) is 1. The molecule has 1 rings (SSSR count). The second-order valence-electron chi connectivity index (χ2n) is 12.4. The van der Waals surface area contributed by atoms with Gasteiger partial charge in [0.05, 0.1) is 19.8 Å². The lowest BCUT2D eigenvalue weighted by Crippen LogP contribution is -2.47. The Morgan fingerprint density at radius 2 is 1.63 bits per heavy atom. The van der Waals surface area contributed by atoms with Gasteiger partial charge < -0.3 is 18.7 Å². The van der Waals surface area contributed by atoms with Crippen molar-refractivity contribution in [3.05, 3.63) is 42.0 Å². The number of aliphatic hydroxyl groups is 1. The first kappa shape index (κ1) is 31.7. The summed E-state index contributed by atoms with van der Waals surface area (Å²) < 4.78 is 18.8. The smallest absolute Gasteiger partial charge is 0.192 e. The highest BCUT2D eigenvalue weighted by atomic mass is 28.4. The topological polar surface area (TPSA) is 47.9 Å². The summed E-state index contributed by atoms with van der Waals surface area (Å²) in [4.78, 5) is 0. The fourth-order valence-electron chi connectivity index (χ4n) is 3.16. The molecule has 1 aromatic carbocycles. The highest BCUT2D eigenvalue weighted by Crippen LogP contribution is 2.39. The SMILES string of the molecule is C=CCc1c(OC)cccc1[C@@H](O)C#CCC[C@H](CO[Si](C)(C)C(C)(C)C)O[Si](C)(C)C(C)(C)C. The Morgan fingerprint density at radius 1 is 1.03 bits per heavy atom. The van der Waals surface area contributed by atoms with Gasteiger partial charge in [0.1, 0.15) is 11.9 Å². The van der Waals surface area contributed by atoms with E-state index >= 15 is 0 Å². The first-order valence-corrected chi connectivity index (χ1v) is 18.5. The molecule has 0 aliphatic carbocycles. The molecule has 0 radical (unpaired) electrons. The Bertz CT molecular complexity index is 883. The third-order valence-electron chi connectivity index (χ3n) is 7.57. The average molecular weight is 519 g/mol. The van der Waals surface area contributed by atoms with E-state index in [1.54, 1.807) is 7.11 Å². The molecular weight excluding hydrogens is 468 g/mol. The van der Waals surface area contributed by atoms with Crippen LogP contribution in [0.25, 0.3) is 0 Å². The molecule has 1 N–H and O–H groups in total. The summed E-state index contributed by atoms with van der Waals surface area (Å²) in [5.74, 6) is 6.98. The van der Waals surface area contributed by atoms with Gasteiger partial charge in [0.25, 0.3) is 0 Å². The number of aliphatic hydroxyl groups excluding tert-OH is 1. The zero-order chi connectivity index (χ0) is 27.1. The van der Waals surface area contributed by atoms with Gasteiger partial charge in [-0.05, 0) is 60.7 Å². The molecule has 0 aliphatic heterocycles. The Labute approximate surface area is 217 Å². The van der Waals surface area contributed by atoms with E-state index in [9.17, 15) is 5.11 Å². The van der Waals surface area contributed by atoms with Gasteiger partial charge in [-0.25, -0.2) is 0 Å². The van der Waals surface area contributed by atoms with E-state index in [1.165, 1.54) is 0 Å². The molecule has 0 unspecified atom stereocenters. The van der Waals surface area contributed by atoms with Crippen LogP contribution >= 0.6 is 0 Å². The largest absolute Gasteiger partial charge is 0.496 e. The summed E-state index contributed by atoms with van der Waals surface area (Å²) in [7, 11) is -2.20. The standard InChI is InChI=1S/C29H50O4Si2/c1-13-17-25-24(19-16-21-27(25)31-8)26(30)20-15-14-18-23(33-35(11,12)29(5,6)7)22-32-34(9,10)28(2,3)4/h13,16,19,21,23,26,30H,1,14,17-18,22H2,2-12H3/t23-,26+/m1/s1. The van der Waals surface area contributed by atoms with Crippen LogP contribution in [0, 0.1) is 11.8 Å². The van der Waals surface area contributed by atoms with Crippen molar-refractivity contribution in [2.24, 2.45) is 0 Å². The number of hydrogen-bond acceptors (Lipinski definition) is 4. The van der Waals surface area contributed by atoms with E-state index in [-0.39, 0.29) is 16.2 Å². The second kappa shape index (κ2) is 12.7. The summed E-state index contributed by atoms with van der Waals surface area (Å²) >= 11 is 0. The van der Waals surface area contributed by atoms with Crippen molar-refractivity contribution in [2.75, 3.05) is 13.7 Å². The second-order valence-corrected chi connectivity index (χ2v) is 21.9. The van der Waals surface area contributed by atoms with E-state index in [0.29, 0.717) is 19.4 Å². The van der Waals surface area contributed by atoms with Gasteiger partial charge in [-0.1, -0.05) is 65.7 Å². The molecule has 0 aromatic heterocycles. The molecule has 0 aliphatic rings. The molecule has 1 aromatic rings. The van der Waals surface area contributed by atoms with Crippen molar-refractivity contribution < 1.29 is 18.7 Å². The van der Waals surface area contributed by atoms with Crippen LogP contribution in [0.5, 0.6) is 5.75 Å². The van der Waals surface area contributed by atoms with Crippen molar-refractivity contribution in [1.82, 2.24) is 0 Å². The maximum absolute atomic E-state index is 10.8. The molecule has 0 saturated carbocycles. The van der Waals surface area contributed by atoms with Crippen LogP contribution in [-0.4, -0.2) is 41.6 Å². The van der Waals surface area contributed by atoms with Gasteiger partial charge in [0, 0.05) is 12.0 Å². The van der Waals surface area contributed by atoms with Crippen LogP contribution in [0.15, 0.2) is 30.9 Å². The quantitative estimate of drug-likeness (QED) is 0.186. The predicted octanol–water partition coefficient (Wildman–Crippen LogP) is 7.65. The maximum atomic E-state index is 10.8. The molecule has 0 amide bonds.